The van der Waals surface area contributed by atoms with E-state index in [0.717, 1.165) is 18.8 Å². The van der Waals surface area contributed by atoms with Crippen LogP contribution in [0.3, 0.4) is 0 Å². The molecule has 4 heteroatoms. The smallest absolute Gasteiger partial charge is 0.253 e. The molecular weight excluding hydrogens is 252 g/mol. The van der Waals surface area contributed by atoms with Gasteiger partial charge in [-0.2, -0.15) is 0 Å². The van der Waals surface area contributed by atoms with Gasteiger partial charge in [-0.15, -0.1) is 0 Å². The summed E-state index contributed by atoms with van der Waals surface area (Å²) in [5.41, 5.74) is 1.40. The molecule has 0 bridgehead atoms. The molecule has 1 fully saturated rings. The molecule has 2 atom stereocenters. The van der Waals surface area contributed by atoms with Gasteiger partial charge in [-0.05, 0) is 42.5 Å². The van der Waals surface area contributed by atoms with E-state index in [1.807, 2.05) is 4.90 Å². The number of hydrogen-bond acceptors (Lipinski definition) is 2. The van der Waals surface area contributed by atoms with Gasteiger partial charge < -0.3 is 10.2 Å². The fourth-order valence-corrected chi connectivity index (χ4v) is 2.91. The fraction of sp³-hybridized carbons (Fsp3) is 0.500. The van der Waals surface area contributed by atoms with Crippen LogP contribution in [0, 0.1) is 11.8 Å². The first-order valence-corrected chi connectivity index (χ1v) is 7.12. The SMILES string of the molecule is CC(=O)Nc1ccc(C(=O)N2C[C@H](C)C[C@H](C)C2)cc1. The summed E-state index contributed by atoms with van der Waals surface area (Å²) in [6.07, 6.45) is 1.19. The Balaban J connectivity index is 2.07. The Bertz CT molecular complexity index is 486. The monoisotopic (exact) mass is 274 g/mol. The van der Waals surface area contributed by atoms with E-state index < -0.39 is 0 Å². The van der Waals surface area contributed by atoms with Crippen LogP contribution >= 0.6 is 0 Å². The van der Waals surface area contributed by atoms with Crippen molar-refractivity contribution in [1.29, 1.82) is 0 Å². The Morgan fingerprint density at radius 1 is 1.10 bits per heavy atom. The Labute approximate surface area is 120 Å². The number of likely N-dealkylation sites (tertiary alicyclic amines) is 1. The van der Waals surface area contributed by atoms with Gasteiger partial charge in [0.05, 0.1) is 0 Å². The lowest BCUT2D eigenvalue weighted by molar-refractivity contribution is -0.114. The van der Waals surface area contributed by atoms with Crippen LogP contribution in [-0.4, -0.2) is 29.8 Å². The number of anilines is 1. The second-order valence-electron chi connectivity index (χ2n) is 5.91. The van der Waals surface area contributed by atoms with E-state index >= 15 is 0 Å². The number of carbonyl (C=O) groups is 2. The van der Waals surface area contributed by atoms with Gasteiger partial charge >= 0.3 is 0 Å². The maximum atomic E-state index is 12.5. The van der Waals surface area contributed by atoms with Gasteiger partial charge in [-0.1, -0.05) is 13.8 Å². The first-order chi connectivity index (χ1) is 9.45. The Hall–Kier alpha value is -1.84. The van der Waals surface area contributed by atoms with Crippen LogP contribution in [0.1, 0.15) is 37.6 Å². The average molecular weight is 274 g/mol. The van der Waals surface area contributed by atoms with Crippen LogP contribution in [0.15, 0.2) is 24.3 Å². The molecule has 2 rings (SSSR count). The normalized spacial score (nSPS) is 22.4. The van der Waals surface area contributed by atoms with Crippen molar-refractivity contribution in [2.45, 2.75) is 27.2 Å². The zero-order chi connectivity index (χ0) is 14.7. The van der Waals surface area contributed by atoms with Crippen molar-refractivity contribution in [2.24, 2.45) is 11.8 Å². The summed E-state index contributed by atoms with van der Waals surface area (Å²) < 4.78 is 0. The molecule has 2 amide bonds. The van der Waals surface area contributed by atoms with E-state index in [-0.39, 0.29) is 11.8 Å². The van der Waals surface area contributed by atoms with Crippen LogP contribution in [0.2, 0.25) is 0 Å². The molecule has 1 aliphatic heterocycles. The molecule has 0 radical (unpaired) electrons. The molecule has 1 N–H and O–H groups in total. The molecule has 20 heavy (non-hydrogen) atoms. The van der Waals surface area contributed by atoms with Gasteiger partial charge in [0.1, 0.15) is 0 Å². The van der Waals surface area contributed by atoms with Crippen molar-refractivity contribution < 1.29 is 9.59 Å². The highest BCUT2D eigenvalue weighted by molar-refractivity contribution is 5.95. The molecule has 1 aromatic rings. The first kappa shape index (κ1) is 14.6. The Kier molecular flexibility index (Phi) is 4.42. The van der Waals surface area contributed by atoms with Crippen LogP contribution in [0.25, 0.3) is 0 Å². The summed E-state index contributed by atoms with van der Waals surface area (Å²) >= 11 is 0. The lowest BCUT2D eigenvalue weighted by Gasteiger charge is -2.35. The lowest BCUT2D eigenvalue weighted by Crippen LogP contribution is -2.42. The van der Waals surface area contributed by atoms with Gasteiger partial charge in [-0.3, -0.25) is 9.59 Å². The molecule has 1 aliphatic rings. The average Bonchev–Trinajstić information content (AvgIpc) is 2.37. The highest BCUT2D eigenvalue weighted by Crippen LogP contribution is 2.22. The summed E-state index contributed by atoms with van der Waals surface area (Å²) in [5.74, 6) is 1.09. The summed E-state index contributed by atoms with van der Waals surface area (Å²) in [6.45, 7) is 7.51. The molecule has 4 nitrogen and oxygen atoms in total. The number of nitrogens with one attached hydrogen (secondary N) is 1. The minimum atomic E-state index is -0.109. The minimum Gasteiger partial charge on any atom is -0.338 e. The predicted octanol–water partition coefficient (Wildman–Crippen LogP) is 2.76. The number of hydrogen-bond donors (Lipinski definition) is 1. The van der Waals surface area contributed by atoms with Crippen molar-refractivity contribution in [1.82, 2.24) is 4.90 Å². The fourth-order valence-electron chi connectivity index (χ4n) is 2.91. The van der Waals surface area contributed by atoms with E-state index in [4.69, 9.17) is 0 Å². The molecule has 1 heterocycles. The predicted molar refractivity (Wildman–Crippen MR) is 79.6 cm³/mol. The van der Waals surface area contributed by atoms with Crippen molar-refractivity contribution in [3.63, 3.8) is 0 Å². The quantitative estimate of drug-likeness (QED) is 0.901. The summed E-state index contributed by atoms with van der Waals surface area (Å²) in [7, 11) is 0. The molecule has 0 aromatic heterocycles. The third-order valence-electron chi connectivity index (χ3n) is 3.61. The number of rotatable bonds is 2. The number of amides is 2. The lowest BCUT2D eigenvalue weighted by atomic mass is 9.91. The zero-order valence-electron chi connectivity index (χ0n) is 12.3. The topological polar surface area (TPSA) is 49.4 Å². The zero-order valence-corrected chi connectivity index (χ0v) is 12.3. The number of nitrogens with zero attached hydrogens (tertiary/aromatic N) is 1. The number of piperidine rings is 1. The maximum absolute atomic E-state index is 12.5. The van der Waals surface area contributed by atoms with Gasteiger partial charge in [0.2, 0.25) is 5.91 Å². The summed E-state index contributed by atoms with van der Waals surface area (Å²) in [5, 5.41) is 2.70. The molecule has 108 valence electrons. The molecule has 0 spiro atoms. The second-order valence-corrected chi connectivity index (χ2v) is 5.91. The van der Waals surface area contributed by atoms with Gasteiger partial charge in [0.15, 0.2) is 0 Å². The van der Waals surface area contributed by atoms with Gasteiger partial charge in [-0.25, -0.2) is 0 Å². The van der Waals surface area contributed by atoms with E-state index in [0.29, 0.717) is 17.4 Å². The highest BCUT2D eigenvalue weighted by atomic mass is 16.2. The van der Waals surface area contributed by atoms with Crippen molar-refractivity contribution in [3.05, 3.63) is 29.8 Å². The van der Waals surface area contributed by atoms with E-state index in [1.165, 1.54) is 13.3 Å². The number of benzene rings is 1. The minimum absolute atomic E-state index is 0.0813. The summed E-state index contributed by atoms with van der Waals surface area (Å²) in [4.78, 5) is 25.4. The van der Waals surface area contributed by atoms with Gasteiger partial charge in [0.25, 0.3) is 5.91 Å². The Morgan fingerprint density at radius 2 is 1.65 bits per heavy atom. The van der Waals surface area contributed by atoms with Crippen molar-refractivity contribution >= 4 is 17.5 Å². The standard InChI is InChI=1S/C16H22N2O2/c1-11-8-12(2)10-18(9-11)16(20)14-4-6-15(7-5-14)17-13(3)19/h4-7,11-12H,8-10H2,1-3H3,(H,17,19)/t11-,12+. The second kappa shape index (κ2) is 6.07. The van der Waals surface area contributed by atoms with E-state index in [2.05, 4.69) is 19.2 Å². The van der Waals surface area contributed by atoms with E-state index in [9.17, 15) is 9.59 Å². The Morgan fingerprint density at radius 3 is 2.15 bits per heavy atom. The van der Waals surface area contributed by atoms with Crippen LogP contribution in [0.4, 0.5) is 5.69 Å². The maximum Gasteiger partial charge on any atom is 0.253 e. The van der Waals surface area contributed by atoms with Crippen molar-refractivity contribution in [2.75, 3.05) is 18.4 Å². The molecular formula is C16H22N2O2. The molecule has 0 saturated carbocycles. The van der Waals surface area contributed by atoms with Crippen LogP contribution < -0.4 is 5.32 Å². The molecule has 1 aromatic carbocycles. The first-order valence-electron chi connectivity index (χ1n) is 7.12. The number of carbonyl (C=O) groups excluding carboxylic acids is 2. The third-order valence-corrected chi connectivity index (χ3v) is 3.61. The van der Waals surface area contributed by atoms with Crippen LogP contribution in [0.5, 0.6) is 0 Å². The van der Waals surface area contributed by atoms with Gasteiger partial charge in [0, 0.05) is 31.3 Å². The van der Waals surface area contributed by atoms with Crippen LogP contribution in [-0.2, 0) is 4.79 Å². The molecule has 0 unspecified atom stereocenters. The molecule has 1 saturated heterocycles. The third kappa shape index (κ3) is 3.59. The van der Waals surface area contributed by atoms with E-state index in [1.54, 1.807) is 24.3 Å². The summed E-state index contributed by atoms with van der Waals surface area (Å²) in [6, 6.07) is 7.09. The highest BCUT2D eigenvalue weighted by Gasteiger charge is 2.25. The molecule has 0 aliphatic carbocycles. The largest absolute Gasteiger partial charge is 0.338 e. The van der Waals surface area contributed by atoms with Crippen molar-refractivity contribution in [3.8, 4) is 0 Å².